The maximum atomic E-state index is 10.5. The van der Waals surface area contributed by atoms with Crippen LogP contribution in [0.5, 0.6) is 0 Å². The number of carboxylic acids is 1. The highest BCUT2D eigenvalue weighted by atomic mass is 16.5. The van der Waals surface area contributed by atoms with Gasteiger partial charge in [0.05, 0.1) is 6.61 Å². The van der Waals surface area contributed by atoms with Gasteiger partial charge in [0.25, 0.3) is 0 Å². The lowest BCUT2D eigenvalue weighted by molar-refractivity contribution is -0.142. The minimum Gasteiger partial charge on any atom is -0.502 e. The molecule has 6 nitrogen and oxygen atoms in total. The van der Waals surface area contributed by atoms with Gasteiger partial charge in [0, 0.05) is 12.7 Å². The molecule has 0 aliphatic rings. The minimum absolute atomic E-state index is 0.0810. The fourth-order valence-corrected chi connectivity index (χ4v) is 0.462. The van der Waals surface area contributed by atoms with E-state index in [-0.39, 0.29) is 13.2 Å². The molecule has 0 amide bonds. The normalized spacial score (nSPS) is 8.31. The van der Waals surface area contributed by atoms with Gasteiger partial charge < -0.3 is 20.1 Å². The van der Waals surface area contributed by atoms with Crippen LogP contribution in [0.4, 0.5) is 0 Å². The Morgan fingerprint density at radius 2 is 1.75 bits per heavy atom. The molecule has 0 fully saturated rings. The summed E-state index contributed by atoms with van der Waals surface area (Å²) in [5, 5.41) is 24.4. The number of hydrogen-bond acceptors (Lipinski definition) is 5. The van der Waals surface area contributed by atoms with Crippen LogP contribution in [0.25, 0.3) is 0 Å². The highest BCUT2D eigenvalue weighted by molar-refractivity contribution is 5.84. The molecule has 0 aromatic rings. The zero-order valence-corrected chi connectivity index (χ0v) is 8.89. The van der Waals surface area contributed by atoms with Crippen LogP contribution in [0.1, 0.15) is 12.8 Å². The summed E-state index contributed by atoms with van der Waals surface area (Å²) in [6, 6.07) is 0. The third-order valence-electron chi connectivity index (χ3n) is 1.20. The van der Waals surface area contributed by atoms with Crippen LogP contribution < -0.4 is 0 Å². The highest BCUT2D eigenvalue weighted by Gasteiger charge is 2.04. The Morgan fingerprint density at radius 3 is 2.06 bits per heavy atom. The Bertz CT molecular complexity index is 246. The lowest BCUT2D eigenvalue weighted by Gasteiger charge is -2.01. The Balaban J connectivity index is 0. The quantitative estimate of drug-likeness (QED) is 0.268. The van der Waals surface area contributed by atoms with E-state index in [2.05, 4.69) is 17.9 Å². The van der Waals surface area contributed by atoms with Crippen molar-refractivity contribution in [3.8, 4) is 0 Å². The molecule has 0 atom stereocenters. The number of aliphatic carboxylic acids is 1. The summed E-state index contributed by atoms with van der Waals surface area (Å²) in [4.78, 5) is 19.7. The first kappa shape index (κ1) is 16.6. The predicted molar refractivity (Wildman–Crippen MR) is 56.9 cm³/mol. The van der Waals surface area contributed by atoms with Gasteiger partial charge in [0.1, 0.15) is 0 Å². The van der Waals surface area contributed by atoms with E-state index in [0.29, 0.717) is 12.8 Å². The number of aliphatic hydroxyl groups excluding tert-OH is 2. The molecule has 16 heavy (non-hydrogen) atoms. The molecule has 0 aliphatic carbocycles. The van der Waals surface area contributed by atoms with E-state index in [1.807, 2.05) is 0 Å². The van der Waals surface area contributed by atoms with Crippen LogP contribution in [0.3, 0.4) is 0 Å². The third-order valence-corrected chi connectivity index (χ3v) is 1.20. The van der Waals surface area contributed by atoms with Crippen LogP contribution in [0.15, 0.2) is 25.0 Å². The molecule has 0 aliphatic heterocycles. The number of esters is 1. The van der Waals surface area contributed by atoms with Crippen molar-refractivity contribution in [2.24, 2.45) is 0 Å². The van der Waals surface area contributed by atoms with Crippen LogP contribution in [-0.4, -0.2) is 40.5 Å². The molecular weight excluding hydrogens is 216 g/mol. The number of carboxylic acid groups (broad SMARTS) is 1. The summed E-state index contributed by atoms with van der Waals surface area (Å²) < 4.78 is 4.51. The van der Waals surface area contributed by atoms with Gasteiger partial charge in [-0.1, -0.05) is 6.58 Å². The van der Waals surface area contributed by atoms with Crippen molar-refractivity contribution in [3.63, 3.8) is 0 Å². The molecule has 0 heterocycles. The summed E-state index contributed by atoms with van der Waals surface area (Å²) in [5.74, 6) is -2.37. The number of unbranched alkanes of at least 4 members (excludes halogenated alkanes) is 1. The number of hydrogen-bond donors (Lipinski definition) is 3. The zero-order valence-electron chi connectivity index (χ0n) is 8.89. The number of carbonyl (C=O) groups excluding carboxylic acids is 1. The highest BCUT2D eigenvalue weighted by Crippen LogP contribution is 1.92. The molecule has 0 unspecified atom stereocenters. The van der Waals surface area contributed by atoms with Gasteiger partial charge in [-0.3, -0.25) is 0 Å². The first-order chi connectivity index (χ1) is 7.45. The first-order valence-electron chi connectivity index (χ1n) is 4.46. The summed E-state index contributed by atoms with van der Waals surface area (Å²) in [5.41, 5.74) is 0. The summed E-state index contributed by atoms with van der Waals surface area (Å²) >= 11 is 0. The maximum absolute atomic E-state index is 10.5. The van der Waals surface area contributed by atoms with Gasteiger partial charge in [-0.15, -0.1) is 0 Å². The number of ether oxygens (including phenoxy) is 1. The fourth-order valence-electron chi connectivity index (χ4n) is 0.462. The topological polar surface area (TPSA) is 104 Å². The van der Waals surface area contributed by atoms with Gasteiger partial charge in [0.15, 0.2) is 5.76 Å². The van der Waals surface area contributed by atoms with Crippen molar-refractivity contribution in [1.29, 1.82) is 0 Å². The van der Waals surface area contributed by atoms with Crippen molar-refractivity contribution in [2.75, 3.05) is 13.2 Å². The average Bonchev–Trinajstić information content (AvgIpc) is 2.24. The largest absolute Gasteiger partial charge is 0.502 e. The Morgan fingerprint density at radius 1 is 1.25 bits per heavy atom. The van der Waals surface area contributed by atoms with Crippen molar-refractivity contribution in [2.45, 2.75) is 12.8 Å². The van der Waals surface area contributed by atoms with Crippen molar-refractivity contribution in [1.82, 2.24) is 0 Å². The maximum Gasteiger partial charge on any atom is 0.372 e. The van der Waals surface area contributed by atoms with Gasteiger partial charge >= 0.3 is 11.9 Å². The molecule has 0 rings (SSSR count). The van der Waals surface area contributed by atoms with Crippen molar-refractivity contribution in [3.05, 3.63) is 25.0 Å². The lowest BCUT2D eigenvalue weighted by Crippen LogP contribution is -2.07. The molecular formula is C10H16O6. The smallest absolute Gasteiger partial charge is 0.372 e. The SMILES string of the molecule is C=C(O)C(=O)OCCCCO.C=CC(=O)O. The molecule has 0 aromatic heterocycles. The van der Waals surface area contributed by atoms with E-state index < -0.39 is 17.7 Å². The predicted octanol–water partition coefficient (Wildman–Crippen LogP) is 0.631. The van der Waals surface area contributed by atoms with E-state index >= 15 is 0 Å². The second-order valence-corrected chi connectivity index (χ2v) is 2.56. The van der Waals surface area contributed by atoms with Gasteiger partial charge in [0.2, 0.25) is 0 Å². The lowest BCUT2D eigenvalue weighted by atomic mass is 10.3. The average molecular weight is 232 g/mol. The monoisotopic (exact) mass is 232 g/mol. The van der Waals surface area contributed by atoms with E-state index in [0.717, 1.165) is 6.08 Å². The minimum atomic E-state index is -0.981. The molecule has 3 N–H and O–H groups in total. The van der Waals surface area contributed by atoms with Crippen LogP contribution >= 0.6 is 0 Å². The molecule has 0 aromatic carbocycles. The second kappa shape index (κ2) is 11.3. The molecule has 0 spiro atoms. The first-order valence-corrected chi connectivity index (χ1v) is 4.46. The van der Waals surface area contributed by atoms with E-state index in [1.54, 1.807) is 0 Å². The summed E-state index contributed by atoms with van der Waals surface area (Å²) in [6.07, 6.45) is 2.01. The van der Waals surface area contributed by atoms with Gasteiger partial charge in [-0.25, -0.2) is 9.59 Å². The van der Waals surface area contributed by atoms with E-state index in [9.17, 15) is 9.59 Å². The number of carbonyl (C=O) groups is 2. The molecule has 0 saturated heterocycles. The Labute approximate surface area is 93.5 Å². The second-order valence-electron chi connectivity index (χ2n) is 2.56. The third kappa shape index (κ3) is 14.7. The number of rotatable bonds is 6. The van der Waals surface area contributed by atoms with Gasteiger partial charge in [-0.05, 0) is 19.4 Å². The summed E-state index contributed by atoms with van der Waals surface area (Å²) in [6.45, 7) is 6.23. The van der Waals surface area contributed by atoms with Crippen LogP contribution in [0.2, 0.25) is 0 Å². The molecule has 92 valence electrons. The van der Waals surface area contributed by atoms with Gasteiger partial charge in [-0.2, -0.15) is 0 Å². The van der Waals surface area contributed by atoms with Crippen molar-refractivity contribution >= 4 is 11.9 Å². The number of aliphatic hydroxyl groups is 2. The fraction of sp³-hybridized carbons (Fsp3) is 0.400. The Kier molecular flexibility index (Phi) is 11.7. The zero-order chi connectivity index (χ0) is 13.0. The van der Waals surface area contributed by atoms with E-state index in [1.165, 1.54) is 0 Å². The Hall–Kier alpha value is -1.82. The molecule has 0 radical (unpaired) electrons. The van der Waals surface area contributed by atoms with Crippen LogP contribution in [-0.2, 0) is 14.3 Å². The molecule has 0 saturated carbocycles. The molecule has 0 bridgehead atoms. The van der Waals surface area contributed by atoms with Crippen molar-refractivity contribution < 1.29 is 29.6 Å². The van der Waals surface area contributed by atoms with Crippen LogP contribution in [0, 0.1) is 0 Å². The van der Waals surface area contributed by atoms with E-state index in [4.69, 9.17) is 15.3 Å². The summed E-state index contributed by atoms with van der Waals surface area (Å²) in [7, 11) is 0. The molecule has 6 heteroatoms. The standard InChI is InChI=1S/C7H12O4.C3H4O2/c1-6(9)7(10)11-5-3-2-4-8;1-2-3(4)5/h8-9H,1-5H2;2H,1H2,(H,4,5).